The van der Waals surface area contributed by atoms with Gasteiger partial charge in [0.15, 0.2) is 0 Å². The third-order valence-corrected chi connectivity index (χ3v) is 2.68. The molecule has 0 radical (unpaired) electrons. The number of carbonyl (C=O) groups excluding carboxylic acids is 1. The fourth-order valence-electron chi connectivity index (χ4n) is 1.93. The van der Waals surface area contributed by atoms with Gasteiger partial charge < -0.3 is 0 Å². The van der Waals surface area contributed by atoms with Crippen molar-refractivity contribution in [3.63, 3.8) is 0 Å². The van der Waals surface area contributed by atoms with Crippen LogP contribution in [0.15, 0.2) is 0 Å². The van der Waals surface area contributed by atoms with E-state index in [1.54, 1.807) is 0 Å². The van der Waals surface area contributed by atoms with Gasteiger partial charge in [-0.2, -0.15) is 0 Å². The van der Waals surface area contributed by atoms with Gasteiger partial charge in [0.2, 0.25) is 0 Å². The molecule has 1 rings (SSSR count). The number of rotatable bonds is 2. The number of carbonyl (C=O) groups is 1. The number of ether oxygens (including phenoxy) is 1. The zero-order valence-corrected chi connectivity index (χ0v) is 9.09. The van der Waals surface area contributed by atoms with E-state index < -0.39 is 0 Å². The summed E-state index contributed by atoms with van der Waals surface area (Å²) in [5.74, 6) is 2.30. The minimum absolute atomic E-state index is 0.0482. The summed E-state index contributed by atoms with van der Waals surface area (Å²) in [6, 6.07) is 0.229. The number of nitrogens with two attached hydrogens (primary N) is 1. The van der Waals surface area contributed by atoms with Crippen molar-refractivity contribution in [2.24, 2.45) is 11.7 Å². The monoisotopic (exact) mass is 214 g/mol. The predicted octanol–water partition coefficient (Wildman–Crippen LogP) is 0.572. The Balaban J connectivity index is 2.54. The fraction of sp³-hybridized carbons (Fsp3) is 0.778. The molecule has 0 spiro atoms. The molecule has 1 aliphatic rings. The third kappa shape index (κ3) is 3.07. The quantitative estimate of drug-likeness (QED) is 0.401. The molecular formula is C9H15N2O2P. The van der Waals surface area contributed by atoms with Crippen molar-refractivity contribution in [1.29, 1.82) is 0 Å². The van der Waals surface area contributed by atoms with Crippen LogP contribution in [0.1, 0.15) is 19.3 Å². The van der Waals surface area contributed by atoms with E-state index in [1.165, 1.54) is 7.11 Å². The third-order valence-electron chi connectivity index (χ3n) is 2.55. The number of methoxy groups -OCH3 is 1. The Morgan fingerprint density at radius 3 is 2.86 bits per heavy atom. The number of nitrogens with one attached hydrogen (secondary N) is 1. The molecule has 0 aromatic heterocycles. The summed E-state index contributed by atoms with van der Waals surface area (Å²) >= 11 is 0. The van der Waals surface area contributed by atoms with Gasteiger partial charge >= 0.3 is 85.4 Å². The topological polar surface area (TPSA) is 64.3 Å². The van der Waals surface area contributed by atoms with Gasteiger partial charge in [0, 0.05) is 0 Å². The van der Waals surface area contributed by atoms with Gasteiger partial charge in [-0.25, -0.2) is 0 Å². The normalized spacial score (nSPS) is 31.9. The number of hydrogen-bond donors (Lipinski definition) is 2. The summed E-state index contributed by atoms with van der Waals surface area (Å²) in [7, 11) is 5.25. The van der Waals surface area contributed by atoms with Crippen LogP contribution in [0.4, 0.5) is 0 Å². The van der Waals surface area contributed by atoms with Crippen molar-refractivity contribution < 1.29 is 9.53 Å². The average Bonchev–Trinajstić information content (AvgIpc) is 2.16. The van der Waals surface area contributed by atoms with Crippen molar-refractivity contribution in [3.8, 4) is 5.75 Å². The summed E-state index contributed by atoms with van der Waals surface area (Å²) in [6.07, 6.45) is 2.30. The molecule has 0 unspecified atom stereocenters. The van der Waals surface area contributed by atoms with Crippen LogP contribution < -0.4 is 11.1 Å². The van der Waals surface area contributed by atoms with Crippen molar-refractivity contribution in [2.45, 2.75) is 31.3 Å². The number of esters is 1. The molecular weight excluding hydrogens is 199 g/mol. The summed E-state index contributed by atoms with van der Waals surface area (Å²) < 4.78 is 4.70. The Morgan fingerprint density at radius 1 is 1.57 bits per heavy atom. The van der Waals surface area contributed by atoms with E-state index in [9.17, 15) is 4.79 Å². The zero-order chi connectivity index (χ0) is 10.6. The van der Waals surface area contributed by atoms with Gasteiger partial charge in [-0.15, -0.1) is 0 Å². The van der Waals surface area contributed by atoms with Crippen molar-refractivity contribution in [3.05, 3.63) is 0 Å². The average molecular weight is 214 g/mol. The molecule has 14 heavy (non-hydrogen) atoms. The molecule has 3 N–H and O–H groups in total. The second-order valence-corrected chi connectivity index (χ2v) is 3.86. The van der Waals surface area contributed by atoms with Crippen molar-refractivity contribution in [1.82, 2.24) is 5.32 Å². The van der Waals surface area contributed by atoms with E-state index >= 15 is 0 Å². The first-order valence-electron chi connectivity index (χ1n) is 4.65. The molecule has 0 aliphatic heterocycles. The summed E-state index contributed by atoms with van der Waals surface area (Å²) in [5, 5.41) is 2.95. The number of hydrogen-bond acceptors (Lipinski definition) is 4. The molecule has 1 aliphatic carbocycles. The van der Waals surface area contributed by atoms with Crippen LogP contribution in [0.25, 0.3) is 0 Å². The van der Waals surface area contributed by atoms with E-state index in [0.29, 0.717) is 6.42 Å². The van der Waals surface area contributed by atoms with Crippen LogP contribution in [-0.4, -0.2) is 25.2 Å². The van der Waals surface area contributed by atoms with E-state index in [0.717, 1.165) is 12.8 Å². The fourth-order valence-corrected chi connectivity index (χ4v) is 2.11. The SMILES string of the molecule is COC(=O)[C@H]1C[C@@H](N)C[C@@H](NC#P)C1. The van der Waals surface area contributed by atoms with Gasteiger partial charge in [-0.3, -0.25) is 0 Å². The Hall–Kier alpha value is -0.400. The first-order valence-corrected chi connectivity index (χ1v) is 5.10. The van der Waals surface area contributed by atoms with Crippen molar-refractivity contribution in [2.75, 3.05) is 7.11 Å². The first kappa shape index (κ1) is 11.7. The van der Waals surface area contributed by atoms with Crippen LogP contribution >= 0.6 is 8.70 Å². The van der Waals surface area contributed by atoms with Crippen LogP contribution in [0.2, 0.25) is 0 Å². The molecule has 4 nitrogen and oxygen atoms in total. The zero-order valence-electron chi connectivity index (χ0n) is 8.19. The van der Waals surface area contributed by atoms with E-state index in [4.69, 9.17) is 10.5 Å². The maximum atomic E-state index is 11.3. The van der Waals surface area contributed by atoms with Gasteiger partial charge in [0.25, 0.3) is 0 Å². The van der Waals surface area contributed by atoms with Crippen LogP contribution in [0.3, 0.4) is 0 Å². The molecule has 0 heterocycles. The molecule has 0 bridgehead atoms. The molecule has 3 atom stereocenters. The van der Waals surface area contributed by atoms with E-state index in [2.05, 4.69) is 19.8 Å². The molecule has 1 saturated carbocycles. The molecule has 0 aromatic rings. The van der Waals surface area contributed by atoms with Crippen LogP contribution in [-0.2, 0) is 9.53 Å². The van der Waals surface area contributed by atoms with Crippen LogP contribution in [0, 0.1) is 11.7 Å². The Labute approximate surface area is 86.1 Å². The van der Waals surface area contributed by atoms with Crippen LogP contribution in [0.5, 0.6) is 0 Å². The van der Waals surface area contributed by atoms with Gasteiger partial charge in [0.1, 0.15) is 0 Å². The standard InChI is InChI=1S/C9H15N2O2P/c1-13-9(12)6-2-7(10)4-8(3-6)11-5-14/h6-8,11H,2-4,10H2,1H3/t6-,7+,8-/m0/s1. The molecule has 0 saturated heterocycles. The first-order chi connectivity index (χ1) is 6.67. The molecule has 0 amide bonds. The van der Waals surface area contributed by atoms with E-state index in [-0.39, 0.29) is 24.0 Å². The maximum absolute atomic E-state index is 11.3. The van der Waals surface area contributed by atoms with Gasteiger partial charge in [0.05, 0.1) is 0 Å². The summed E-state index contributed by atoms with van der Waals surface area (Å²) in [5.41, 5.74) is 5.84. The Kier molecular flexibility index (Phi) is 4.56. The Morgan fingerprint density at radius 2 is 2.29 bits per heavy atom. The van der Waals surface area contributed by atoms with E-state index in [1.807, 2.05) is 0 Å². The molecule has 0 aromatic carbocycles. The Bertz CT molecular complexity index is 252. The van der Waals surface area contributed by atoms with Crippen molar-refractivity contribution >= 4 is 14.7 Å². The predicted molar refractivity (Wildman–Crippen MR) is 55.1 cm³/mol. The molecule has 1 fully saturated rings. The van der Waals surface area contributed by atoms with Gasteiger partial charge in [-0.1, -0.05) is 0 Å². The second-order valence-electron chi connectivity index (χ2n) is 3.64. The molecule has 78 valence electrons. The molecule has 5 heteroatoms. The minimum atomic E-state index is -0.175. The second kappa shape index (κ2) is 5.47. The van der Waals surface area contributed by atoms with Gasteiger partial charge in [-0.05, 0) is 0 Å². The summed E-state index contributed by atoms with van der Waals surface area (Å²) in [6.45, 7) is 0. The summed E-state index contributed by atoms with van der Waals surface area (Å²) in [4.78, 5) is 11.3.